The van der Waals surface area contributed by atoms with E-state index in [4.69, 9.17) is 16.7 Å². The molecule has 0 aliphatic carbocycles. The molecule has 232 valence electrons. The Morgan fingerprint density at radius 2 is 1.67 bits per heavy atom. The summed E-state index contributed by atoms with van der Waals surface area (Å²) in [5, 5.41) is 5.23. The van der Waals surface area contributed by atoms with Crippen LogP contribution in [0.15, 0.2) is 46.4 Å². The van der Waals surface area contributed by atoms with Gasteiger partial charge in [0.2, 0.25) is 5.91 Å². The van der Waals surface area contributed by atoms with Gasteiger partial charge in [-0.05, 0) is 75.4 Å². The van der Waals surface area contributed by atoms with E-state index in [9.17, 15) is 14.0 Å². The fourth-order valence-electron chi connectivity index (χ4n) is 5.62. The van der Waals surface area contributed by atoms with Crippen LogP contribution >= 0.6 is 11.6 Å². The monoisotopic (exact) mass is 602 g/mol. The van der Waals surface area contributed by atoms with E-state index in [1.807, 2.05) is 56.8 Å². The standard InChI is InChI=1S/C28H36ClFN6O2.2C2H6/c1-32-16-12-24(25(29)19-32)27-31-35(28(38)36(27)23-9-7-22(30)8-10-23)18-21-6-5-15-34(17-11-21)26(37)20-33-13-3-2-4-14-33;2*1-2/h7-10,12,19,21H,2-6,11,13-18,20H2,1H3;2*1-2H3. The molecule has 4 heterocycles. The summed E-state index contributed by atoms with van der Waals surface area (Å²) in [6.07, 6.45) is 10.0. The molecule has 0 saturated carbocycles. The number of amides is 1. The number of likely N-dealkylation sites (N-methyl/N-ethyl adjacent to an activating group) is 1. The third kappa shape index (κ3) is 8.57. The van der Waals surface area contributed by atoms with Gasteiger partial charge in [-0.3, -0.25) is 9.69 Å². The summed E-state index contributed by atoms with van der Waals surface area (Å²) >= 11 is 6.57. The summed E-state index contributed by atoms with van der Waals surface area (Å²) in [7, 11) is 1.92. The number of allylic oxidation sites excluding steroid dienone is 2. The Morgan fingerprint density at radius 3 is 2.33 bits per heavy atom. The van der Waals surface area contributed by atoms with Gasteiger partial charge in [0, 0.05) is 45.0 Å². The number of carbonyl (C=O) groups is 1. The van der Waals surface area contributed by atoms with Crippen molar-refractivity contribution in [3.8, 4) is 5.69 Å². The van der Waals surface area contributed by atoms with Crippen LogP contribution in [0.5, 0.6) is 0 Å². The van der Waals surface area contributed by atoms with Crippen LogP contribution in [0.1, 0.15) is 72.0 Å². The van der Waals surface area contributed by atoms with Gasteiger partial charge in [0.1, 0.15) is 5.82 Å². The second kappa shape index (κ2) is 16.7. The van der Waals surface area contributed by atoms with Crippen LogP contribution in [0, 0.1) is 11.7 Å². The summed E-state index contributed by atoms with van der Waals surface area (Å²) in [4.78, 5) is 32.8. The maximum atomic E-state index is 13.6. The average molecular weight is 603 g/mol. The molecule has 0 radical (unpaired) electrons. The highest BCUT2D eigenvalue weighted by Crippen LogP contribution is 2.29. The molecule has 42 heavy (non-hydrogen) atoms. The molecular formula is C32H48ClFN6O2. The SMILES string of the molecule is CC.CC.CN1C=C(Cl)C(c2nn(CC3CCCN(C(=O)CN4CCCCC4)CC3)c(=O)n2-c2ccc(F)cc2)=CC1. The predicted molar refractivity (Wildman–Crippen MR) is 169 cm³/mol. The van der Waals surface area contributed by atoms with Gasteiger partial charge in [0.25, 0.3) is 0 Å². The van der Waals surface area contributed by atoms with Gasteiger partial charge in [0.15, 0.2) is 5.82 Å². The lowest BCUT2D eigenvalue weighted by Gasteiger charge is -2.29. The molecule has 2 aromatic rings. The van der Waals surface area contributed by atoms with Crippen molar-refractivity contribution in [2.75, 3.05) is 46.3 Å². The molecule has 1 aromatic carbocycles. The van der Waals surface area contributed by atoms with E-state index >= 15 is 0 Å². The van der Waals surface area contributed by atoms with E-state index in [1.165, 1.54) is 40.6 Å². The van der Waals surface area contributed by atoms with Crippen molar-refractivity contribution in [1.29, 1.82) is 0 Å². The minimum Gasteiger partial charge on any atom is -0.375 e. The van der Waals surface area contributed by atoms with Gasteiger partial charge in [-0.2, -0.15) is 0 Å². The summed E-state index contributed by atoms with van der Waals surface area (Å²) < 4.78 is 16.7. The summed E-state index contributed by atoms with van der Waals surface area (Å²) in [6, 6.07) is 5.84. The fourth-order valence-corrected chi connectivity index (χ4v) is 5.95. The molecule has 2 saturated heterocycles. The van der Waals surface area contributed by atoms with Crippen LogP contribution in [0.25, 0.3) is 11.3 Å². The van der Waals surface area contributed by atoms with Crippen LogP contribution in [0.3, 0.4) is 0 Å². The summed E-state index contributed by atoms with van der Waals surface area (Å²) in [5.41, 5.74) is 0.941. The topological polar surface area (TPSA) is 66.6 Å². The van der Waals surface area contributed by atoms with Gasteiger partial charge in [-0.1, -0.05) is 51.8 Å². The molecule has 10 heteroatoms. The van der Waals surface area contributed by atoms with E-state index in [1.54, 1.807) is 12.1 Å². The number of rotatable bonds is 6. The minimum absolute atomic E-state index is 0.211. The molecule has 3 aliphatic heterocycles. The normalized spacial score (nSPS) is 19.5. The molecule has 3 aliphatic rings. The summed E-state index contributed by atoms with van der Waals surface area (Å²) in [5.74, 6) is 0.513. The van der Waals surface area contributed by atoms with Crippen LogP contribution in [0.2, 0.25) is 0 Å². The molecule has 1 amide bonds. The van der Waals surface area contributed by atoms with Gasteiger partial charge < -0.3 is 9.80 Å². The van der Waals surface area contributed by atoms with Crippen LogP contribution in [0.4, 0.5) is 4.39 Å². The number of carbonyl (C=O) groups excluding carboxylic acids is 1. The van der Waals surface area contributed by atoms with E-state index in [0.717, 1.165) is 38.9 Å². The molecule has 8 nitrogen and oxygen atoms in total. The number of benzene rings is 1. The third-order valence-electron chi connectivity index (χ3n) is 7.78. The van der Waals surface area contributed by atoms with Crippen molar-refractivity contribution >= 4 is 23.1 Å². The first-order valence-electron chi connectivity index (χ1n) is 15.6. The Hall–Kier alpha value is -2.91. The maximum Gasteiger partial charge on any atom is 0.350 e. The van der Waals surface area contributed by atoms with Crippen molar-refractivity contribution in [1.82, 2.24) is 29.0 Å². The number of hydrogen-bond acceptors (Lipinski definition) is 5. The van der Waals surface area contributed by atoms with Gasteiger partial charge >= 0.3 is 5.69 Å². The second-order valence-corrected chi connectivity index (χ2v) is 11.1. The average Bonchev–Trinajstić information content (AvgIpc) is 3.16. The van der Waals surface area contributed by atoms with Crippen LogP contribution in [-0.4, -0.2) is 81.3 Å². The molecule has 0 N–H and O–H groups in total. The van der Waals surface area contributed by atoms with E-state index in [0.29, 0.717) is 48.3 Å². The number of nitrogens with zero attached hydrogens (tertiary/aromatic N) is 6. The molecule has 2 fully saturated rings. The summed E-state index contributed by atoms with van der Waals surface area (Å²) in [6.45, 7) is 13.1. The largest absolute Gasteiger partial charge is 0.375 e. The highest BCUT2D eigenvalue weighted by Gasteiger charge is 2.26. The van der Waals surface area contributed by atoms with Gasteiger partial charge in [0.05, 0.1) is 17.3 Å². The number of hydrogen-bond donors (Lipinski definition) is 0. The van der Waals surface area contributed by atoms with Crippen molar-refractivity contribution < 1.29 is 9.18 Å². The Bertz CT molecular complexity index is 1260. The number of halogens is 2. The lowest BCUT2D eigenvalue weighted by molar-refractivity contribution is -0.132. The van der Waals surface area contributed by atoms with E-state index in [2.05, 4.69) is 4.90 Å². The molecule has 1 unspecified atom stereocenters. The van der Waals surface area contributed by atoms with Crippen molar-refractivity contribution in [3.05, 3.63) is 63.7 Å². The molecule has 0 bridgehead atoms. The van der Waals surface area contributed by atoms with E-state index < -0.39 is 0 Å². The number of likely N-dealkylation sites (tertiary alicyclic amines) is 2. The Labute approximate surface area is 255 Å². The maximum absolute atomic E-state index is 13.6. The molecule has 5 rings (SSSR count). The fraction of sp³-hybridized carbons (Fsp3) is 0.594. The molecule has 1 atom stereocenters. The highest BCUT2D eigenvalue weighted by atomic mass is 35.5. The quantitative estimate of drug-likeness (QED) is 0.421. The highest BCUT2D eigenvalue weighted by molar-refractivity contribution is 6.36. The Balaban J connectivity index is 0.00000116. The third-order valence-corrected chi connectivity index (χ3v) is 8.08. The smallest absolute Gasteiger partial charge is 0.350 e. The second-order valence-electron chi connectivity index (χ2n) is 10.6. The van der Waals surface area contributed by atoms with Crippen LogP contribution in [-0.2, 0) is 11.3 Å². The molecular weight excluding hydrogens is 555 g/mol. The number of aromatic nitrogens is 3. The van der Waals surface area contributed by atoms with Crippen LogP contribution < -0.4 is 5.69 Å². The predicted octanol–water partition coefficient (Wildman–Crippen LogP) is 5.75. The first-order chi connectivity index (χ1) is 20.4. The zero-order valence-corrected chi connectivity index (χ0v) is 26.7. The first kappa shape index (κ1) is 33.6. The zero-order valence-electron chi connectivity index (χ0n) is 26.0. The zero-order chi connectivity index (χ0) is 30.6. The Morgan fingerprint density at radius 1 is 0.976 bits per heavy atom. The lowest BCUT2D eigenvalue weighted by Crippen LogP contribution is -2.42. The lowest BCUT2D eigenvalue weighted by atomic mass is 10.0. The number of piperidine rings is 1. The molecule has 1 aromatic heterocycles. The van der Waals surface area contributed by atoms with Crippen molar-refractivity contribution in [2.45, 2.75) is 72.8 Å². The van der Waals surface area contributed by atoms with Crippen molar-refractivity contribution in [2.24, 2.45) is 5.92 Å². The van der Waals surface area contributed by atoms with Crippen molar-refractivity contribution in [3.63, 3.8) is 0 Å². The van der Waals surface area contributed by atoms with Gasteiger partial charge in [-0.25, -0.2) is 18.4 Å². The molecule has 0 spiro atoms. The Kier molecular flexibility index (Phi) is 13.3. The minimum atomic E-state index is -0.370. The van der Waals surface area contributed by atoms with E-state index in [-0.39, 0.29) is 23.3 Å². The first-order valence-corrected chi connectivity index (χ1v) is 16.0. The van der Waals surface area contributed by atoms with Gasteiger partial charge in [-0.15, -0.1) is 5.10 Å².